The molecule has 0 radical (unpaired) electrons. The number of benzene rings is 1. The first-order valence-corrected chi connectivity index (χ1v) is 6.67. The predicted molar refractivity (Wildman–Crippen MR) is 73.6 cm³/mol. The third-order valence-electron chi connectivity index (χ3n) is 2.70. The Kier molecular flexibility index (Phi) is 6.69. The van der Waals surface area contributed by atoms with E-state index in [1.165, 1.54) is 5.56 Å². The summed E-state index contributed by atoms with van der Waals surface area (Å²) in [7, 11) is 0. The fourth-order valence-electron chi connectivity index (χ4n) is 1.52. The monoisotopic (exact) mass is 284 g/mol. The van der Waals surface area contributed by atoms with E-state index in [9.17, 15) is 0 Å². The Morgan fingerprint density at radius 3 is 2.88 bits per heavy atom. The van der Waals surface area contributed by atoms with Crippen LogP contribution >= 0.6 is 15.9 Å². The highest BCUT2D eigenvalue weighted by atomic mass is 79.9. The summed E-state index contributed by atoms with van der Waals surface area (Å²) in [5.41, 5.74) is 6.93. The van der Waals surface area contributed by atoms with E-state index in [2.05, 4.69) is 52.4 Å². The largest absolute Gasteiger partial charge is 0.330 e. The normalized spacial score (nSPS) is 12.7. The highest BCUT2D eigenvalue weighted by Gasteiger charge is 1.98. The molecule has 3 N–H and O–H groups in total. The molecule has 0 spiro atoms. The Hall–Kier alpha value is -0.380. The molecule has 0 aliphatic heterocycles. The van der Waals surface area contributed by atoms with Crippen molar-refractivity contribution in [2.45, 2.75) is 19.8 Å². The first kappa shape index (κ1) is 13.7. The minimum absolute atomic E-state index is 0.623. The van der Waals surface area contributed by atoms with Gasteiger partial charge in [-0.1, -0.05) is 35.0 Å². The van der Waals surface area contributed by atoms with E-state index in [1.807, 2.05) is 0 Å². The average Bonchev–Trinajstić information content (AvgIpc) is 2.28. The van der Waals surface area contributed by atoms with E-state index in [0.717, 1.165) is 36.9 Å². The molecule has 0 aliphatic rings. The van der Waals surface area contributed by atoms with Crippen molar-refractivity contribution in [2.24, 2.45) is 11.7 Å². The molecule has 0 aliphatic carbocycles. The fourth-order valence-corrected chi connectivity index (χ4v) is 1.96. The van der Waals surface area contributed by atoms with Gasteiger partial charge in [-0.05, 0) is 56.1 Å². The third kappa shape index (κ3) is 5.64. The summed E-state index contributed by atoms with van der Waals surface area (Å²) in [6.45, 7) is 5.07. The molecular weight excluding hydrogens is 264 g/mol. The van der Waals surface area contributed by atoms with Crippen LogP contribution in [0.1, 0.15) is 18.9 Å². The number of nitrogens with one attached hydrogen (secondary N) is 1. The minimum Gasteiger partial charge on any atom is -0.330 e. The first-order chi connectivity index (χ1) is 7.72. The van der Waals surface area contributed by atoms with Crippen molar-refractivity contribution in [2.75, 3.05) is 19.6 Å². The van der Waals surface area contributed by atoms with Crippen molar-refractivity contribution >= 4 is 15.9 Å². The summed E-state index contributed by atoms with van der Waals surface area (Å²) in [6, 6.07) is 8.47. The summed E-state index contributed by atoms with van der Waals surface area (Å²) in [5.74, 6) is 0.623. The highest BCUT2D eigenvalue weighted by molar-refractivity contribution is 9.10. The molecule has 1 unspecified atom stereocenters. The van der Waals surface area contributed by atoms with Crippen LogP contribution in [0.25, 0.3) is 0 Å². The first-order valence-electron chi connectivity index (χ1n) is 5.87. The van der Waals surface area contributed by atoms with Crippen molar-refractivity contribution < 1.29 is 0 Å². The van der Waals surface area contributed by atoms with Crippen molar-refractivity contribution in [1.82, 2.24) is 5.32 Å². The lowest BCUT2D eigenvalue weighted by Crippen LogP contribution is -2.22. The Morgan fingerprint density at radius 1 is 1.38 bits per heavy atom. The van der Waals surface area contributed by atoms with Crippen LogP contribution in [0.4, 0.5) is 0 Å². The summed E-state index contributed by atoms with van der Waals surface area (Å²) in [5, 5.41) is 3.45. The molecule has 1 atom stereocenters. The van der Waals surface area contributed by atoms with Gasteiger partial charge in [0.05, 0.1) is 0 Å². The molecule has 16 heavy (non-hydrogen) atoms. The van der Waals surface area contributed by atoms with Gasteiger partial charge in [0, 0.05) is 4.47 Å². The lowest BCUT2D eigenvalue weighted by Gasteiger charge is -2.09. The van der Waals surface area contributed by atoms with Crippen molar-refractivity contribution in [1.29, 1.82) is 0 Å². The van der Waals surface area contributed by atoms with E-state index in [4.69, 9.17) is 5.73 Å². The lowest BCUT2D eigenvalue weighted by atomic mass is 10.1. The van der Waals surface area contributed by atoms with Crippen LogP contribution in [0.15, 0.2) is 28.7 Å². The van der Waals surface area contributed by atoms with Gasteiger partial charge in [0.25, 0.3) is 0 Å². The van der Waals surface area contributed by atoms with E-state index >= 15 is 0 Å². The van der Waals surface area contributed by atoms with Crippen LogP contribution in [0, 0.1) is 5.92 Å². The maximum Gasteiger partial charge on any atom is 0.0178 e. The zero-order valence-corrected chi connectivity index (χ0v) is 11.5. The van der Waals surface area contributed by atoms with Crippen LogP contribution in [-0.4, -0.2) is 19.6 Å². The summed E-state index contributed by atoms with van der Waals surface area (Å²) in [6.07, 6.45) is 2.24. The molecule has 2 nitrogen and oxygen atoms in total. The predicted octanol–water partition coefficient (Wildman–Crippen LogP) is 2.57. The molecule has 0 saturated heterocycles. The standard InChI is InChI=1S/C13H21BrN2/c1-11(10-15)5-7-16-8-6-12-3-2-4-13(14)9-12/h2-4,9,11,16H,5-8,10,15H2,1H3. The summed E-state index contributed by atoms with van der Waals surface area (Å²) in [4.78, 5) is 0. The van der Waals surface area contributed by atoms with Crippen molar-refractivity contribution in [3.8, 4) is 0 Å². The van der Waals surface area contributed by atoms with E-state index in [1.54, 1.807) is 0 Å². The molecule has 1 aromatic rings. The highest BCUT2D eigenvalue weighted by Crippen LogP contribution is 2.11. The van der Waals surface area contributed by atoms with Gasteiger partial charge >= 0.3 is 0 Å². The molecule has 3 heteroatoms. The van der Waals surface area contributed by atoms with Gasteiger partial charge in [-0.25, -0.2) is 0 Å². The molecule has 0 amide bonds. The molecule has 0 fully saturated rings. The fraction of sp³-hybridized carbons (Fsp3) is 0.538. The molecule has 0 heterocycles. The molecule has 0 bridgehead atoms. The van der Waals surface area contributed by atoms with Crippen molar-refractivity contribution in [3.63, 3.8) is 0 Å². The molecule has 0 saturated carbocycles. The summed E-state index contributed by atoms with van der Waals surface area (Å²) < 4.78 is 1.15. The lowest BCUT2D eigenvalue weighted by molar-refractivity contribution is 0.511. The quantitative estimate of drug-likeness (QED) is 0.756. The van der Waals surface area contributed by atoms with Gasteiger partial charge in [-0.3, -0.25) is 0 Å². The third-order valence-corrected chi connectivity index (χ3v) is 3.19. The Labute approximate surface area is 107 Å². The Morgan fingerprint density at radius 2 is 2.19 bits per heavy atom. The molecular formula is C13H21BrN2. The smallest absolute Gasteiger partial charge is 0.0178 e. The Balaban J connectivity index is 2.12. The topological polar surface area (TPSA) is 38.0 Å². The van der Waals surface area contributed by atoms with Gasteiger partial charge < -0.3 is 11.1 Å². The number of halogens is 1. The number of rotatable bonds is 7. The minimum atomic E-state index is 0.623. The van der Waals surface area contributed by atoms with Crippen LogP contribution in [0.2, 0.25) is 0 Å². The molecule has 90 valence electrons. The number of nitrogens with two attached hydrogens (primary N) is 1. The van der Waals surface area contributed by atoms with E-state index in [-0.39, 0.29) is 0 Å². The number of hydrogen-bond donors (Lipinski definition) is 2. The van der Waals surface area contributed by atoms with Crippen molar-refractivity contribution in [3.05, 3.63) is 34.3 Å². The second kappa shape index (κ2) is 7.82. The van der Waals surface area contributed by atoms with E-state index in [0.29, 0.717) is 5.92 Å². The Bertz CT molecular complexity index is 302. The maximum absolute atomic E-state index is 5.56. The second-order valence-corrected chi connectivity index (χ2v) is 5.18. The second-order valence-electron chi connectivity index (χ2n) is 4.26. The molecule has 0 aromatic heterocycles. The van der Waals surface area contributed by atoms with Crippen LogP contribution in [0.3, 0.4) is 0 Å². The summed E-state index contributed by atoms with van der Waals surface area (Å²) >= 11 is 3.48. The van der Waals surface area contributed by atoms with Crippen LogP contribution < -0.4 is 11.1 Å². The van der Waals surface area contributed by atoms with Crippen LogP contribution in [0.5, 0.6) is 0 Å². The number of hydrogen-bond acceptors (Lipinski definition) is 2. The zero-order chi connectivity index (χ0) is 11.8. The van der Waals surface area contributed by atoms with Crippen LogP contribution in [-0.2, 0) is 6.42 Å². The van der Waals surface area contributed by atoms with E-state index < -0.39 is 0 Å². The van der Waals surface area contributed by atoms with Gasteiger partial charge in [-0.2, -0.15) is 0 Å². The SMILES string of the molecule is CC(CN)CCNCCc1cccc(Br)c1. The van der Waals surface area contributed by atoms with Gasteiger partial charge in [0.15, 0.2) is 0 Å². The molecule has 1 aromatic carbocycles. The molecule has 1 rings (SSSR count). The zero-order valence-electron chi connectivity index (χ0n) is 9.88. The van der Waals surface area contributed by atoms with Gasteiger partial charge in [0.2, 0.25) is 0 Å². The maximum atomic E-state index is 5.56. The average molecular weight is 285 g/mol. The van der Waals surface area contributed by atoms with Gasteiger partial charge in [-0.15, -0.1) is 0 Å². The van der Waals surface area contributed by atoms with Gasteiger partial charge in [0.1, 0.15) is 0 Å².